The Morgan fingerprint density at radius 1 is 1.23 bits per heavy atom. The summed E-state index contributed by atoms with van der Waals surface area (Å²) in [7, 11) is 1.62. The molecule has 0 aliphatic rings. The zero-order valence-electron chi connectivity index (χ0n) is 15.7. The number of carbonyl (C=O) groups excluding carboxylic acids is 1. The number of hydrogen-bond donors (Lipinski definition) is 2. The Balaban J connectivity index is 1.77. The summed E-state index contributed by atoms with van der Waals surface area (Å²) >= 11 is 1.30. The van der Waals surface area contributed by atoms with E-state index in [2.05, 4.69) is 46.9 Å². The summed E-state index contributed by atoms with van der Waals surface area (Å²) in [4.78, 5) is 12.0. The maximum Gasteiger partial charge on any atom is 0.230 e. The normalized spacial score (nSPS) is 11.4. The second-order valence-electron chi connectivity index (χ2n) is 6.74. The quantitative estimate of drug-likeness (QED) is 0.506. The first kappa shape index (κ1) is 20.2. The van der Waals surface area contributed by atoms with Crippen molar-refractivity contribution < 1.29 is 9.53 Å². The van der Waals surface area contributed by atoms with Gasteiger partial charge < -0.3 is 15.4 Å². The molecular formula is C17H26N6O2S. The van der Waals surface area contributed by atoms with Crippen molar-refractivity contribution in [3.63, 3.8) is 0 Å². The molecule has 0 aliphatic heterocycles. The van der Waals surface area contributed by atoms with Gasteiger partial charge in [0.15, 0.2) is 0 Å². The number of nitrogens with one attached hydrogen (secondary N) is 2. The lowest BCUT2D eigenvalue weighted by Crippen LogP contribution is -2.38. The van der Waals surface area contributed by atoms with Crippen LogP contribution in [-0.2, 0) is 4.79 Å². The van der Waals surface area contributed by atoms with Gasteiger partial charge in [-0.15, -0.1) is 5.10 Å². The van der Waals surface area contributed by atoms with Crippen LogP contribution in [0.5, 0.6) is 5.75 Å². The number of aromatic nitrogens is 4. The van der Waals surface area contributed by atoms with Gasteiger partial charge in [-0.3, -0.25) is 4.79 Å². The van der Waals surface area contributed by atoms with Gasteiger partial charge in [-0.1, -0.05) is 11.8 Å². The Bertz CT molecular complexity index is 696. The molecule has 1 aromatic carbocycles. The highest BCUT2D eigenvalue weighted by Crippen LogP contribution is 2.20. The average Bonchev–Trinajstić information content (AvgIpc) is 3.07. The second kappa shape index (κ2) is 9.54. The van der Waals surface area contributed by atoms with Crippen LogP contribution in [0.3, 0.4) is 0 Å². The molecule has 1 amide bonds. The SMILES string of the molecule is COc1ccc(-n2nnnc2SCC(=O)NCCCNC(C)(C)C)cc1. The third kappa shape index (κ3) is 6.64. The Labute approximate surface area is 158 Å². The Hall–Kier alpha value is -2.13. The molecule has 0 atom stereocenters. The van der Waals surface area contributed by atoms with Crippen LogP contribution in [0.4, 0.5) is 0 Å². The van der Waals surface area contributed by atoms with Crippen molar-refractivity contribution in [1.82, 2.24) is 30.8 Å². The summed E-state index contributed by atoms with van der Waals surface area (Å²) in [5, 5.41) is 18.5. The van der Waals surface area contributed by atoms with Gasteiger partial charge >= 0.3 is 0 Å². The molecule has 8 nitrogen and oxygen atoms in total. The van der Waals surface area contributed by atoms with Gasteiger partial charge in [-0.25, -0.2) is 0 Å². The fraction of sp³-hybridized carbons (Fsp3) is 0.529. The lowest BCUT2D eigenvalue weighted by molar-refractivity contribution is -0.118. The summed E-state index contributed by atoms with van der Waals surface area (Å²) in [6.45, 7) is 7.87. The number of carbonyl (C=O) groups is 1. The summed E-state index contributed by atoms with van der Waals surface area (Å²) in [6, 6.07) is 7.40. The third-order valence-electron chi connectivity index (χ3n) is 3.42. The molecule has 2 aromatic rings. The molecule has 0 unspecified atom stereocenters. The largest absolute Gasteiger partial charge is 0.497 e. The third-order valence-corrected chi connectivity index (χ3v) is 4.34. The minimum absolute atomic E-state index is 0.0324. The Kier molecular flexibility index (Phi) is 7.40. The highest BCUT2D eigenvalue weighted by molar-refractivity contribution is 7.99. The van der Waals surface area contributed by atoms with Gasteiger partial charge in [0.2, 0.25) is 11.1 Å². The molecule has 26 heavy (non-hydrogen) atoms. The van der Waals surface area contributed by atoms with Crippen molar-refractivity contribution in [2.75, 3.05) is 26.0 Å². The van der Waals surface area contributed by atoms with Crippen LogP contribution >= 0.6 is 11.8 Å². The van der Waals surface area contributed by atoms with Crippen molar-refractivity contribution in [1.29, 1.82) is 0 Å². The van der Waals surface area contributed by atoms with Crippen molar-refractivity contribution in [3.05, 3.63) is 24.3 Å². The first-order valence-corrected chi connectivity index (χ1v) is 9.45. The number of thioether (sulfide) groups is 1. The van der Waals surface area contributed by atoms with Crippen LogP contribution in [0.15, 0.2) is 29.4 Å². The van der Waals surface area contributed by atoms with E-state index in [1.54, 1.807) is 11.8 Å². The van der Waals surface area contributed by atoms with E-state index in [1.807, 2.05) is 24.3 Å². The number of nitrogens with zero attached hydrogens (tertiary/aromatic N) is 4. The van der Waals surface area contributed by atoms with E-state index in [0.717, 1.165) is 24.4 Å². The van der Waals surface area contributed by atoms with E-state index >= 15 is 0 Å². The molecular weight excluding hydrogens is 352 g/mol. The molecule has 0 saturated carbocycles. The average molecular weight is 379 g/mol. The molecule has 2 N–H and O–H groups in total. The lowest BCUT2D eigenvalue weighted by Gasteiger charge is -2.20. The predicted molar refractivity (Wildman–Crippen MR) is 102 cm³/mol. The molecule has 0 bridgehead atoms. The number of benzene rings is 1. The number of hydrogen-bond acceptors (Lipinski definition) is 7. The van der Waals surface area contributed by atoms with E-state index in [1.165, 1.54) is 11.8 Å². The van der Waals surface area contributed by atoms with Gasteiger partial charge in [-0.2, -0.15) is 4.68 Å². The maximum absolute atomic E-state index is 12.0. The molecule has 0 fully saturated rings. The first-order valence-electron chi connectivity index (χ1n) is 8.46. The Morgan fingerprint density at radius 2 is 1.96 bits per heavy atom. The van der Waals surface area contributed by atoms with Gasteiger partial charge in [-0.05, 0) is 68.4 Å². The molecule has 1 aromatic heterocycles. The highest BCUT2D eigenvalue weighted by Gasteiger charge is 2.12. The minimum Gasteiger partial charge on any atom is -0.497 e. The monoisotopic (exact) mass is 378 g/mol. The van der Waals surface area contributed by atoms with E-state index in [9.17, 15) is 4.79 Å². The molecule has 0 radical (unpaired) electrons. The fourth-order valence-corrected chi connectivity index (χ4v) is 2.84. The van der Waals surface area contributed by atoms with E-state index in [-0.39, 0.29) is 17.2 Å². The number of ether oxygens (including phenoxy) is 1. The number of methoxy groups -OCH3 is 1. The molecule has 142 valence electrons. The van der Waals surface area contributed by atoms with Crippen LogP contribution in [-0.4, -0.2) is 57.6 Å². The Morgan fingerprint density at radius 3 is 2.62 bits per heavy atom. The van der Waals surface area contributed by atoms with Gasteiger partial charge in [0, 0.05) is 12.1 Å². The van der Waals surface area contributed by atoms with Crippen LogP contribution in [0.1, 0.15) is 27.2 Å². The van der Waals surface area contributed by atoms with Gasteiger partial charge in [0.05, 0.1) is 18.6 Å². The highest BCUT2D eigenvalue weighted by atomic mass is 32.2. The lowest BCUT2D eigenvalue weighted by atomic mass is 10.1. The van der Waals surface area contributed by atoms with Crippen LogP contribution in [0, 0.1) is 0 Å². The van der Waals surface area contributed by atoms with Crippen molar-refractivity contribution >= 4 is 17.7 Å². The van der Waals surface area contributed by atoms with Gasteiger partial charge in [0.25, 0.3) is 0 Å². The molecule has 9 heteroatoms. The molecule has 0 saturated heterocycles. The predicted octanol–water partition coefficient (Wildman–Crippen LogP) is 1.66. The van der Waals surface area contributed by atoms with Crippen LogP contribution < -0.4 is 15.4 Å². The van der Waals surface area contributed by atoms with E-state index in [0.29, 0.717) is 11.7 Å². The van der Waals surface area contributed by atoms with E-state index in [4.69, 9.17) is 4.74 Å². The number of amides is 1. The van der Waals surface area contributed by atoms with Crippen LogP contribution in [0.2, 0.25) is 0 Å². The summed E-state index contributed by atoms with van der Waals surface area (Å²) in [5.74, 6) is 0.995. The summed E-state index contributed by atoms with van der Waals surface area (Å²) in [5.41, 5.74) is 0.908. The summed E-state index contributed by atoms with van der Waals surface area (Å²) < 4.78 is 6.75. The minimum atomic E-state index is -0.0324. The first-order chi connectivity index (χ1) is 12.4. The van der Waals surface area contributed by atoms with Crippen LogP contribution in [0.25, 0.3) is 5.69 Å². The van der Waals surface area contributed by atoms with Gasteiger partial charge in [0.1, 0.15) is 5.75 Å². The van der Waals surface area contributed by atoms with Crippen molar-refractivity contribution in [2.24, 2.45) is 0 Å². The zero-order chi connectivity index (χ0) is 19.0. The topological polar surface area (TPSA) is 94.0 Å². The molecule has 2 rings (SSSR count). The van der Waals surface area contributed by atoms with E-state index < -0.39 is 0 Å². The van der Waals surface area contributed by atoms with Crippen molar-refractivity contribution in [3.8, 4) is 11.4 Å². The molecule has 0 spiro atoms. The summed E-state index contributed by atoms with van der Waals surface area (Å²) in [6.07, 6.45) is 0.886. The standard InChI is InChI=1S/C17H26N6O2S/c1-17(2,3)19-11-5-10-18-15(24)12-26-16-20-21-22-23(16)13-6-8-14(25-4)9-7-13/h6-9,19H,5,10-12H2,1-4H3,(H,18,24). The molecule has 0 aliphatic carbocycles. The smallest absolute Gasteiger partial charge is 0.230 e. The molecule has 1 heterocycles. The zero-order valence-corrected chi connectivity index (χ0v) is 16.5. The number of rotatable bonds is 9. The second-order valence-corrected chi connectivity index (χ2v) is 7.68. The number of tetrazole rings is 1. The maximum atomic E-state index is 12.0. The van der Waals surface area contributed by atoms with Crippen molar-refractivity contribution in [2.45, 2.75) is 37.9 Å². The fourth-order valence-electron chi connectivity index (χ4n) is 2.12.